The Hall–Kier alpha value is -1.22. The van der Waals surface area contributed by atoms with Crippen molar-refractivity contribution in [1.29, 1.82) is 0 Å². The van der Waals surface area contributed by atoms with Gasteiger partial charge in [0.2, 0.25) is 0 Å². The second-order valence-electron chi connectivity index (χ2n) is 6.35. The van der Waals surface area contributed by atoms with Crippen LogP contribution in [-0.2, 0) is 4.79 Å². The number of carbonyl (C=O) groups is 1. The van der Waals surface area contributed by atoms with Gasteiger partial charge >= 0.3 is 5.97 Å². The summed E-state index contributed by atoms with van der Waals surface area (Å²) in [6.45, 7) is 6.35. The molecule has 0 saturated heterocycles. The molecule has 1 fully saturated rings. The van der Waals surface area contributed by atoms with Crippen molar-refractivity contribution in [1.82, 2.24) is 0 Å². The highest BCUT2D eigenvalue weighted by Gasteiger charge is 2.43. The number of benzene rings is 1. The van der Waals surface area contributed by atoms with Gasteiger partial charge in [0, 0.05) is 5.02 Å². The first-order chi connectivity index (χ1) is 9.85. The lowest BCUT2D eigenvalue weighted by Crippen LogP contribution is -2.05. The fraction of sp³-hybridized carbons (Fsp3) is 0.588. The molecule has 0 amide bonds. The number of rotatable bonds is 6. The van der Waals surface area contributed by atoms with Crippen LogP contribution in [0, 0.1) is 11.8 Å². The van der Waals surface area contributed by atoms with E-state index < -0.39 is 5.97 Å². The van der Waals surface area contributed by atoms with Gasteiger partial charge in [0.25, 0.3) is 0 Å². The molecule has 1 aliphatic carbocycles. The summed E-state index contributed by atoms with van der Waals surface area (Å²) in [5, 5.41) is 9.74. The zero-order valence-corrected chi connectivity index (χ0v) is 13.8. The van der Waals surface area contributed by atoms with Crippen molar-refractivity contribution in [2.24, 2.45) is 11.8 Å². The molecular formula is C17H23ClO3. The summed E-state index contributed by atoms with van der Waals surface area (Å²) in [6.07, 6.45) is 1.66. The third-order valence-corrected chi connectivity index (χ3v) is 4.58. The summed E-state index contributed by atoms with van der Waals surface area (Å²) in [5.74, 6) is 0.913. The molecule has 3 atom stereocenters. The minimum Gasteiger partial charge on any atom is -0.496 e. The Morgan fingerprint density at radius 2 is 2.00 bits per heavy atom. The first-order valence-electron chi connectivity index (χ1n) is 7.45. The maximum absolute atomic E-state index is 11.0. The number of ether oxygens (including phenoxy) is 1. The fourth-order valence-electron chi connectivity index (χ4n) is 3.06. The van der Waals surface area contributed by atoms with Crippen molar-refractivity contribution in [3.05, 3.63) is 28.3 Å². The molecule has 3 nitrogen and oxygen atoms in total. The Morgan fingerprint density at radius 1 is 1.38 bits per heavy atom. The number of hydrogen-bond donors (Lipinski definition) is 1. The van der Waals surface area contributed by atoms with Crippen LogP contribution in [0.2, 0.25) is 5.02 Å². The van der Waals surface area contributed by atoms with E-state index in [1.807, 2.05) is 12.1 Å². The standard InChI is InChI=1S/C17H23ClO3/c1-9(2)13-7-12(18)8-14(16(13)21-4)10(3)5-11-6-15(11)17(19)20/h7-11,15H,5-6H2,1-4H3,(H,19,20). The Labute approximate surface area is 131 Å². The molecule has 1 aliphatic rings. The van der Waals surface area contributed by atoms with E-state index in [0.29, 0.717) is 10.9 Å². The number of carboxylic acid groups (broad SMARTS) is 1. The number of halogens is 1. The predicted octanol–water partition coefficient (Wildman–Crippen LogP) is 4.69. The molecule has 3 unspecified atom stereocenters. The quantitative estimate of drug-likeness (QED) is 0.829. The first-order valence-corrected chi connectivity index (χ1v) is 7.83. The Kier molecular flexibility index (Phi) is 4.82. The summed E-state index contributed by atoms with van der Waals surface area (Å²) in [4.78, 5) is 11.0. The van der Waals surface area contributed by atoms with E-state index >= 15 is 0 Å². The van der Waals surface area contributed by atoms with Crippen molar-refractivity contribution in [3.8, 4) is 5.75 Å². The zero-order chi connectivity index (χ0) is 15.7. The van der Waals surface area contributed by atoms with Gasteiger partial charge in [0.1, 0.15) is 5.75 Å². The van der Waals surface area contributed by atoms with Gasteiger partial charge in [-0.05, 0) is 53.9 Å². The van der Waals surface area contributed by atoms with Gasteiger partial charge in [0.15, 0.2) is 0 Å². The molecular weight excluding hydrogens is 288 g/mol. The van der Waals surface area contributed by atoms with Gasteiger partial charge in [-0.25, -0.2) is 0 Å². The average Bonchev–Trinajstić information content (AvgIpc) is 3.16. The zero-order valence-electron chi connectivity index (χ0n) is 13.0. The summed E-state index contributed by atoms with van der Waals surface area (Å²) < 4.78 is 5.62. The third kappa shape index (κ3) is 3.52. The molecule has 0 aliphatic heterocycles. The lowest BCUT2D eigenvalue weighted by Gasteiger charge is -2.21. The molecule has 1 aromatic rings. The van der Waals surface area contributed by atoms with Crippen LogP contribution in [0.4, 0.5) is 0 Å². The minimum atomic E-state index is -0.673. The Balaban J connectivity index is 2.24. The first kappa shape index (κ1) is 16.2. The van der Waals surface area contributed by atoms with E-state index in [9.17, 15) is 4.79 Å². The van der Waals surface area contributed by atoms with Crippen molar-refractivity contribution in [2.45, 2.75) is 45.4 Å². The largest absolute Gasteiger partial charge is 0.496 e. The second-order valence-corrected chi connectivity index (χ2v) is 6.79. The van der Waals surface area contributed by atoms with E-state index in [2.05, 4.69) is 20.8 Å². The third-order valence-electron chi connectivity index (χ3n) is 4.36. The van der Waals surface area contributed by atoms with Gasteiger partial charge < -0.3 is 9.84 Å². The number of methoxy groups -OCH3 is 1. The molecule has 0 heterocycles. The highest BCUT2D eigenvalue weighted by atomic mass is 35.5. The molecule has 0 aromatic heterocycles. The van der Waals surface area contributed by atoms with Crippen LogP contribution in [0.5, 0.6) is 5.75 Å². The van der Waals surface area contributed by atoms with Crippen molar-refractivity contribution in [2.75, 3.05) is 7.11 Å². The fourth-order valence-corrected chi connectivity index (χ4v) is 3.29. The maximum atomic E-state index is 11.0. The van der Waals surface area contributed by atoms with Crippen molar-refractivity contribution < 1.29 is 14.6 Å². The molecule has 0 spiro atoms. The molecule has 21 heavy (non-hydrogen) atoms. The van der Waals surface area contributed by atoms with Gasteiger partial charge in [0.05, 0.1) is 13.0 Å². The van der Waals surface area contributed by atoms with Gasteiger partial charge in [-0.15, -0.1) is 0 Å². The van der Waals surface area contributed by atoms with Crippen molar-refractivity contribution >= 4 is 17.6 Å². The van der Waals surface area contributed by atoms with Crippen LogP contribution in [0.15, 0.2) is 12.1 Å². The summed E-state index contributed by atoms with van der Waals surface area (Å²) in [5.41, 5.74) is 2.20. The van der Waals surface area contributed by atoms with Gasteiger partial charge in [-0.2, -0.15) is 0 Å². The van der Waals surface area contributed by atoms with Crippen LogP contribution < -0.4 is 4.74 Å². The molecule has 1 aromatic carbocycles. The van der Waals surface area contributed by atoms with E-state index in [0.717, 1.165) is 29.7 Å². The van der Waals surface area contributed by atoms with Crippen molar-refractivity contribution in [3.63, 3.8) is 0 Å². The monoisotopic (exact) mass is 310 g/mol. The molecule has 1 saturated carbocycles. The number of aliphatic carboxylic acids is 1. The lowest BCUT2D eigenvalue weighted by atomic mass is 9.90. The molecule has 0 radical (unpaired) electrons. The Morgan fingerprint density at radius 3 is 2.48 bits per heavy atom. The molecule has 0 bridgehead atoms. The molecule has 2 rings (SSSR count). The van der Waals surface area contributed by atoms with Crippen LogP contribution in [0.25, 0.3) is 0 Å². The van der Waals surface area contributed by atoms with Crippen LogP contribution in [0.1, 0.15) is 56.6 Å². The second kappa shape index (κ2) is 6.27. The lowest BCUT2D eigenvalue weighted by molar-refractivity contribution is -0.138. The topological polar surface area (TPSA) is 46.5 Å². The van der Waals surface area contributed by atoms with E-state index in [1.165, 1.54) is 0 Å². The Bertz CT molecular complexity index is 539. The predicted molar refractivity (Wildman–Crippen MR) is 84.4 cm³/mol. The normalized spacial score (nSPS) is 22.2. The molecule has 116 valence electrons. The smallest absolute Gasteiger partial charge is 0.306 e. The maximum Gasteiger partial charge on any atom is 0.306 e. The van der Waals surface area contributed by atoms with Crippen LogP contribution in [-0.4, -0.2) is 18.2 Å². The van der Waals surface area contributed by atoms with E-state index in [4.69, 9.17) is 21.4 Å². The summed E-state index contributed by atoms with van der Waals surface area (Å²) in [7, 11) is 1.68. The van der Waals surface area contributed by atoms with E-state index in [-0.39, 0.29) is 17.8 Å². The highest BCUT2D eigenvalue weighted by Crippen LogP contribution is 2.47. The molecule has 1 N–H and O–H groups in total. The highest BCUT2D eigenvalue weighted by molar-refractivity contribution is 6.30. The minimum absolute atomic E-state index is 0.165. The molecule has 4 heteroatoms. The SMILES string of the molecule is COc1c(C(C)C)cc(Cl)cc1C(C)CC1CC1C(=O)O. The van der Waals surface area contributed by atoms with Gasteiger partial charge in [-0.1, -0.05) is 32.4 Å². The summed E-state index contributed by atoms with van der Waals surface area (Å²) in [6, 6.07) is 3.91. The number of carboxylic acids is 1. The van der Waals surface area contributed by atoms with Crippen LogP contribution in [0.3, 0.4) is 0 Å². The van der Waals surface area contributed by atoms with E-state index in [1.54, 1.807) is 7.11 Å². The average molecular weight is 311 g/mol. The number of hydrogen-bond acceptors (Lipinski definition) is 2. The summed E-state index contributed by atoms with van der Waals surface area (Å²) >= 11 is 6.25. The van der Waals surface area contributed by atoms with Gasteiger partial charge in [-0.3, -0.25) is 4.79 Å². The van der Waals surface area contributed by atoms with Crippen LogP contribution >= 0.6 is 11.6 Å².